The van der Waals surface area contributed by atoms with E-state index in [1.807, 2.05) is 0 Å². The van der Waals surface area contributed by atoms with Gasteiger partial charge in [0.15, 0.2) is 0 Å². The summed E-state index contributed by atoms with van der Waals surface area (Å²) in [5, 5.41) is 9.00. The number of carbonyl (C=O) groups is 2. The number of hydrogen-bond acceptors (Lipinski definition) is 3. The Labute approximate surface area is 116 Å². The highest BCUT2D eigenvalue weighted by molar-refractivity contribution is 5.84. The third-order valence-electron chi connectivity index (χ3n) is 3.24. The van der Waals surface area contributed by atoms with Crippen molar-refractivity contribution >= 4 is 11.9 Å². The van der Waals surface area contributed by atoms with Crippen LogP contribution >= 0.6 is 0 Å². The van der Waals surface area contributed by atoms with Crippen LogP contribution in [0.15, 0.2) is 24.3 Å². The fourth-order valence-corrected chi connectivity index (χ4v) is 2.28. The zero-order chi connectivity index (χ0) is 14.5. The van der Waals surface area contributed by atoms with Gasteiger partial charge in [-0.15, -0.1) is 0 Å². The molecule has 108 valence electrons. The van der Waals surface area contributed by atoms with E-state index in [1.54, 1.807) is 6.07 Å². The molecule has 0 aromatic heterocycles. The van der Waals surface area contributed by atoms with E-state index in [1.165, 1.54) is 23.1 Å². The number of benzene rings is 1. The van der Waals surface area contributed by atoms with Gasteiger partial charge in [0.1, 0.15) is 17.6 Å². The molecule has 20 heavy (non-hydrogen) atoms. The molecule has 0 aliphatic carbocycles. The first-order chi connectivity index (χ1) is 9.58. The lowest BCUT2D eigenvalue weighted by molar-refractivity contribution is -0.148. The number of carbonyl (C=O) groups excluding carboxylic acids is 1. The van der Waals surface area contributed by atoms with Crippen LogP contribution in [0.2, 0.25) is 0 Å². The van der Waals surface area contributed by atoms with E-state index in [-0.39, 0.29) is 18.9 Å². The Morgan fingerprint density at radius 2 is 2.25 bits per heavy atom. The van der Waals surface area contributed by atoms with Crippen LogP contribution in [0.1, 0.15) is 19.3 Å². The Balaban J connectivity index is 1.82. The largest absolute Gasteiger partial charge is 0.493 e. The molecule has 1 N–H and O–H groups in total. The SMILES string of the molecule is O=C(O)[C@@H]1CCCN1C(=O)CCOc1cccc(F)c1. The van der Waals surface area contributed by atoms with E-state index in [0.29, 0.717) is 25.1 Å². The van der Waals surface area contributed by atoms with Crippen molar-refractivity contribution in [3.05, 3.63) is 30.1 Å². The van der Waals surface area contributed by atoms with Crippen molar-refractivity contribution in [1.82, 2.24) is 4.90 Å². The molecule has 1 atom stereocenters. The van der Waals surface area contributed by atoms with Crippen LogP contribution in [0.3, 0.4) is 0 Å². The molecule has 6 heteroatoms. The molecular weight excluding hydrogens is 265 g/mol. The van der Waals surface area contributed by atoms with Crippen molar-refractivity contribution in [3.8, 4) is 5.75 Å². The molecular formula is C14H16FNO4. The molecule has 1 heterocycles. The minimum Gasteiger partial charge on any atom is -0.493 e. The van der Waals surface area contributed by atoms with Gasteiger partial charge in [-0.3, -0.25) is 4.79 Å². The first kappa shape index (κ1) is 14.3. The van der Waals surface area contributed by atoms with Crippen LogP contribution < -0.4 is 4.74 Å². The van der Waals surface area contributed by atoms with E-state index in [4.69, 9.17) is 9.84 Å². The van der Waals surface area contributed by atoms with Crippen molar-refractivity contribution in [2.24, 2.45) is 0 Å². The topological polar surface area (TPSA) is 66.8 Å². The molecule has 5 nitrogen and oxygen atoms in total. The zero-order valence-electron chi connectivity index (χ0n) is 10.9. The maximum Gasteiger partial charge on any atom is 0.326 e. The van der Waals surface area contributed by atoms with Crippen molar-refractivity contribution in [2.45, 2.75) is 25.3 Å². The van der Waals surface area contributed by atoms with Gasteiger partial charge in [-0.2, -0.15) is 0 Å². The van der Waals surface area contributed by atoms with E-state index in [9.17, 15) is 14.0 Å². The van der Waals surface area contributed by atoms with Crippen LogP contribution in [-0.2, 0) is 9.59 Å². The first-order valence-corrected chi connectivity index (χ1v) is 6.48. The highest BCUT2D eigenvalue weighted by atomic mass is 19.1. The van der Waals surface area contributed by atoms with Crippen molar-refractivity contribution in [1.29, 1.82) is 0 Å². The molecule has 1 aliphatic rings. The summed E-state index contributed by atoms with van der Waals surface area (Å²) in [5.74, 6) is -1.26. The molecule has 0 saturated carbocycles. The first-order valence-electron chi connectivity index (χ1n) is 6.48. The summed E-state index contributed by atoms with van der Waals surface area (Å²) in [7, 11) is 0. The third kappa shape index (κ3) is 3.46. The summed E-state index contributed by atoms with van der Waals surface area (Å²) >= 11 is 0. The molecule has 1 aromatic carbocycles. The number of hydrogen-bond donors (Lipinski definition) is 1. The normalized spacial score (nSPS) is 18.1. The molecule has 2 rings (SSSR count). The number of carboxylic acid groups (broad SMARTS) is 1. The van der Waals surface area contributed by atoms with Gasteiger partial charge in [-0.1, -0.05) is 6.07 Å². The lowest BCUT2D eigenvalue weighted by Gasteiger charge is -2.21. The molecule has 1 amide bonds. The number of rotatable bonds is 5. The number of carboxylic acids is 1. The van der Waals surface area contributed by atoms with E-state index in [0.717, 1.165) is 0 Å². The Hall–Kier alpha value is -2.11. The smallest absolute Gasteiger partial charge is 0.326 e. The van der Waals surface area contributed by atoms with Crippen LogP contribution in [-0.4, -0.2) is 41.1 Å². The molecule has 1 saturated heterocycles. The van der Waals surface area contributed by atoms with Crippen molar-refractivity contribution in [2.75, 3.05) is 13.2 Å². The summed E-state index contributed by atoms with van der Waals surface area (Å²) in [6, 6.07) is 4.94. The van der Waals surface area contributed by atoms with Crippen molar-refractivity contribution < 1.29 is 23.8 Å². The summed E-state index contributed by atoms with van der Waals surface area (Å²) in [6.07, 6.45) is 1.28. The monoisotopic (exact) mass is 281 g/mol. The van der Waals surface area contributed by atoms with Crippen LogP contribution in [0.4, 0.5) is 4.39 Å². The predicted molar refractivity (Wildman–Crippen MR) is 68.9 cm³/mol. The molecule has 0 unspecified atom stereocenters. The van der Waals surface area contributed by atoms with Crippen LogP contribution in [0, 0.1) is 5.82 Å². The summed E-state index contributed by atoms with van der Waals surface area (Å²) in [4.78, 5) is 24.3. The second-order valence-electron chi connectivity index (χ2n) is 4.64. The number of halogens is 1. The predicted octanol–water partition coefficient (Wildman–Crippen LogP) is 1.67. The van der Waals surface area contributed by atoms with Crippen LogP contribution in [0.25, 0.3) is 0 Å². The Kier molecular flexibility index (Phi) is 4.55. The maximum atomic E-state index is 12.9. The molecule has 1 fully saturated rings. The minimum absolute atomic E-state index is 0.0836. The van der Waals surface area contributed by atoms with Gasteiger partial charge in [0.05, 0.1) is 13.0 Å². The fourth-order valence-electron chi connectivity index (χ4n) is 2.28. The van der Waals surface area contributed by atoms with Gasteiger partial charge in [0.25, 0.3) is 0 Å². The number of likely N-dealkylation sites (tertiary alicyclic amines) is 1. The molecule has 0 bridgehead atoms. The summed E-state index contributed by atoms with van der Waals surface area (Å²) in [5.41, 5.74) is 0. The van der Waals surface area contributed by atoms with Crippen molar-refractivity contribution in [3.63, 3.8) is 0 Å². The van der Waals surface area contributed by atoms with Gasteiger partial charge in [-0.05, 0) is 25.0 Å². The second kappa shape index (κ2) is 6.36. The second-order valence-corrected chi connectivity index (χ2v) is 4.64. The molecule has 1 aromatic rings. The fraction of sp³-hybridized carbons (Fsp3) is 0.429. The standard InChI is InChI=1S/C14H16FNO4/c15-10-3-1-4-11(9-10)20-8-6-13(17)16-7-2-5-12(16)14(18)19/h1,3-4,9,12H,2,5-8H2,(H,18,19)/t12-/m0/s1. The van der Waals surface area contributed by atoms with Gasteiger partial charge in [0, 0.05) is 12.6 Å². The van der Waals surface area contributed by atoms with E-state index in [2.05, 4.69) is 0 Å². The summed E-state index contributed by atoms with van der Waals surface area (Å²) in [6.45, 7) is 0.570. The minimum atomic E-state index is -0.970. The van der Waals surface area contributed by atoms with Gasteiger partial charge in [-0.25, -0.2) is 9.18 Å². The summed E-state index contributed by atoms with van der Waals surface area (Å²) < 4.78 is 18.2. The number of ether oxygens (including phenoxy) is 1. The quantitative estimate of drug-likeness (QED) is 0.891. The Morgan fingerprint density at radius 1 is 1.45 bits per heavy atom. The third-order valence-corrected chi connectivity index (χ3v) is 3.24. The lowest BCUT2D eigenvalue weighted by Crippen LogP contribution is -2.40. The van der Waals surface area contributed by atoms with E-state index >= 15 is 0 Å². The zero-order valence-corrected chi connectivity index (χ0v) is 10.9. The molecule has 0 spiro atoms. The number of aliphatic carboxylic acids is 1. The van der Waals surface area contributed by atoms with Gasteiger partial charge >= 0.3 is 5.97 Å². The molecule has 0 radical (unpaired) electrons. The average Bonchev–Trinajstić information content (AvgIpc) is 2.88. The number of nitrogens with zero attached hydrogens (tertiary/aromatic N) is 1. The Bertz CT molecular complexity index is 506. The van der Waals surface area contributed by atoms with E-state index < -0.39 is 17.8 Å². The lowest BCUT2D eigenvalue weighted by atomic mass is 10.2. The highest BCUT2D eigenvalue weighted by Gasteiger charge is 2.33. The molecule has 1 aliphatic heterocycles. The Morgan fingerprint density at radius 3 is 2.95 bits per heavy atom. The van der Waals surface area contributed by atoms with Gasteiger partial charge in [0.2, 0.25) is 5.91 Å². The number of amides is 1. The van der Waals surface area contributed by atoms with Crippen LogP contribution in [0.5, 0.6) is 5.75 Å². The average molecular weight is 281 g/mol. The maximum absolute atomic E-state index is 12.9. The van der Waals surface area contributed by atoms with Gasteiger partial charge < -0.3 is 14.7 Å². The highest BCUT2D eigenvalue weighted by Crippen LogP contribution is 2.19.